The number of hydrogen-bond acceptors (Lipinski definition) is 4. The maximum Gasteiger partial charge on any atom is 0.0704 e. The van der Waals surface area contributed by atoms with Gasteiger partial charge in [-0.3, -0.25) is 0 Å². The van der Waals surface area contributed by atoms with Gasteiger partial charge in [0, 0.05) is 19.7 Å². The Morgan fingerprint density at radius 3 is 2.69 bits per heavy atom. The monoisotopic (exact) mass is 228 g/mol. The lowest BCUT2D eigenvalue weighted by Crippen LogP contribution is -2.30. The minimum atomic E-state index is 0.296. The van der Waals surface area contributed by atoms with E-state index in [0.29, 0.717) is 24.9 Å². The zero-order valence-corrected chi connectivity index (χ0v) is 9.99. The van der Waals surface area contributed by atoms with Gasteiger partial charge in [-0.2, -0.15) is 0 Å². The van der Waals surface area contributed by atoms with E-state index in [0.717, 1.165) is 39.0 Å². The maximum atomic E-state index is 5.76. The first-order valence-corrected chi connectivity index (χ1v) is 6.56. The lowest BCUT2D eigenvalue weighted by molar-refractivity contribution is 0.0493. The van der Waals surface area contributed by atoms with Crippen molar-refractivity contribution in [2.75, 3.05) is 26.2 Å². The molecule has 0 aromatic carbocycles. The van der Waals surface area contributed by atoms with E-state index in [1.807, 2.05) is 0 Å². The standard InChI is InChI=1S/C12H24N2O2/c13-8-11-3-4-12(16-11)9-14-6-5-10-2-1-7-15-10/h10-12,14H,1-9,13H2. The van der Waals surface area contributed by atoms with Crippen LogP contribution in [0, 0.1) is 0 Å². The molecule has 0 aromatic heterocycles. The Labute approximate surface area is 97.9 Å². The highest BCUT2D eigenvalue weighted by Gasteiger charge is 2.23. The highest BCUT2D eigenvalue weighted by molar-refractivity contribution is 4.76. The van der Waals surface area contributed by atoms with Crippen LogP contribution in [0.15, 0.2) is 0 Å². The molecule has 0 aromatic rings. The summed E-state index contributed by atoms with van der Waals surface area (Å²) in [4.78, 5) is 0. The molecule has 3 N–H and O–H groups in total. The molecule has 2 heterocycles. The van der Waals surface area contributed by atoms with Crippen LogP contribution in [0.5, 0.6) is 0 Å². The molecule has 2 aliphatic heterocycles. The maximum absolute atomic E-state index is 5.76. The van der Waals surface area contributed by atoms with E-state index >= 15 is 0 Å². The first-order valence-electron chi connectivity index (χ1n) is 6.56. The summed E-state index contributed by atoms with van der Waals surface area (Å²) in [6.07, 6.45) is 7.03. The minimum absolute atomic E-state index is 0.296. The lowest BCUT2D eigenvalue weighted by atomic mass is 10.1. The van der Waals surface area contributed by atoms with Crippen LogP contribution >= 0.6 is 0 Å². The second-order valence-electron chi connectivity index (χ2n) is 4.82. The quantitative estimate of drug-likeness (QED) is 0.655. The van der Waals surface area contributed by atoms with Crippen molar-refractivity contribution in [2.45, 2.75) is 50.4 Å². The molecule has 0 amide bonds. The van der Waals surface area contributed by atoms with E-state index in [-0.39, 0.29) is 0 Å². The van der Waals surface area contributed by atoms with Crippen molar-refractivity contribution < 1.29 is 9.47 Å². The summed E-state index contributed by atoms with van der Waals surface area (Å²) in [6.45, 7) is 3.61. The second-order valence-corrected chi connectivity index (χ2v) is 4.82. The third-order valence-corrected chi connectivity index (χ3v) is 3.50. The molecule has 0 spiro atoms. The molecule has 0 saturated carbocycles. The van der Waals surface area contributed by atoms with E-state index < -0.39 is 0 Å². The molecule has 3 atom stereocenters. The van der Waals surface area contributed by atoms with Crippen molar-refractivity contribution in [3.05, 3.63) is 0 Å². The Kier molecular flexibility index (Phi) is 5.03. The second kappa shape index (κ2) is 6.55. The number of rotatable bonds is 6. The predicted molar refractivity (Wildman–Crippen MR) is 63.4 cm³/mol. The Morgan fingerprint density at radius 2 is 2.00 bits per heavy atom. The zero-order chi connectivity index (χ0) is 11.2. The summed E-state index contributed by atoms with van der Waals surface area (Å²) in [7, 11) is 0. The van der Waals surface area contributed by atoms with E-state index in [1.54, 1.807) is 0 Å². The Hall–Kier alpha value is -0.160. The molecule has 0 bridgehead atoms. The van der Waals surface area contributed by atoms with Crippen LogP contribution in [0.3, 0.4) is 0 Å². The van der Waals surface area contributed by atoms with E-state index in [9.17, 15) is 0 Å². The van der Waals surface area contributed by atoms with Gasteiger partial charge in [-0.1, -0.05) is 0 Å². The Bertz CT molecular complexity index is 195. The van der Waals surface area contributed by atoms with Crippen LogP contribution < -0.4 is 11.1 Å². The Morgan fingerprint density at radius 1 is 1.12 bits per heavy atom. The predicted octanol–water partition coefficient (Wildman–Crippen LogP) is 0.651. The van der Waals surface area contributed by atoms with E-state index in [2.05, 4.69) is 5.32 Å². The topological polar surface area (TPSA) is 56.5 Å². The summed E-state index contributed by atoms with van der Waals surface area (Å²) in [6, 6.07) is 0. The van der Waals surface area contributed by atoms with Gasteiger partial charge in [-0.25, -0.2) is 0 Å². The third kappa shape index (κ3) is 3.70. The fourth-order valence-electron chi connectivity index (χ4n) is 2.50. The molecule has 4 nitrogen and oxygen atoms in total. The highest BCUT2D eigenvalue weighted by Crippen LogP contribution is 2.18. The molecule has 94 valence electrons. The molecule has 4 heteroatoms. The SMILES string of the molecule is NCC1CCC(CNCCC2CCCO2)O1. The largest absolute Gasteiger partial charge is 0.378 e. The highest BCUT2D eigenvalue weighted by atomic mass is 16.5. The van der Waals surface area contributed by atoms with Crippen LogP contribution in [0.2, 0.25) is 0 Å². The minimum Gasteiger partial charge on any atom is -0.378 e. The van der Waals surface area contributed by atoms with Gasteiger partial charge in [-0.05, 0) is 38.6 Å². The van der Waals surface area contributed by atoms with Crippen LogP contribution in [0.1, 0.15) is 32.1 Å². The molecule has 2 aliphatic rings. The van der Waals surface area contributed by atoms with Gasteiger partial charge in [0.15, 0.2) is 0 Å². The smallest absolute Gasteiger partial charge is 0.0704 e. The van der Waals surface area contributed by atoms with E-state index in [1.165, 1.54) is 12.8 Å². The van der Waals surface area contributed by atoms with Crippen LogP contribution in [0.25, 0.3) is 0 Å². The van der Waals surface area contributed by atoms with Gasteiger partial charge in [0.25, 0.3) is 0 Å². The zero-order valence-electron chi connectivity index (χ0n) is 9.99. The molecule has 3 unspecified atom stereocenters. The molecule has 0 aliphatic carbocycles. The number of hydrogen-bond donors (Lipinski definition) is 2. The summed E-state index contributed by atoms with van der Waals surface area (Å²) in [5.41, 5.74) is 5.57. The van der Waals surface area contributed by atoms with Crippen LogP contribution in [-0.2, 0) is 9.47 Å². The summed E-state index contributed by atoms with van der Waals surface area (Å²) >= 11 is 0. The molecule has 0 radical (unpaired) electrons. The fraction of sp³-hybridized carbons (Fsp3) is 1.00. The molecular weight excluding hydrogens is 204 g/mol. The van der Waals surface area contributed by atoms with Crippen molar-refractivity contribution in [1.82, 2.24) is 5.32 Å². The normalized spacial score (nSPS) is 34.7. The number of nitrogens with one attached hydrogen (secondary N) is 1. The van der Waals surface area contributed by atoms with Gasteiger partial charge >= 0.3 is 0 Å². The third-order valence-electron chi connectivity index (χ3n) is 3.50. The summed E-state index contributed by atoms with van der Waals surface area (Å²) < 4.78 is 11.3. The van der Waals surface area contributed by atoms with E-state index in [4.69, 9.17) is 15.2 Å². The van der Waals surface area contributed by atoms with Gasteiger partial charge in [0.2, 0.25) is 0 Å². The summed E-state index contributed by atoms with van der Waals surface area (Å²) in [5.74, 6) is 0. The molecule has 16 heavy (non-hydrogen) atoms. The lowest BCUT2D eigenvalue weighted by Gasteiger charge is -2.14. The molecular formula is C12H24N2O2. The average Bonchev–Trinajstić information content (AvgIpc) is 2.95. The summed E-state index contributed by atoms with van der Waals surface area (Å²) in [5, 5.41) is 3.45. The first kappa shape index (κ1) is 12.3. The van der Waals surface area contributed by atoms with Crippen LogP contribution in [0.4, 0.5) is 0 Å². The van der Waals surface area contributed by atoms with Crippen LogP contribution in [-0.4, -0.2) is 44.6 Å². The van der Waals surface area contributed by atoms with Crippen molar-refractivity contribution in [3.63, 3.8) is 0 Å². The van der Waals surface area contributed by atoms with Crippen molar-refractivity contribution in [2.24, 2.45) is 5.73 Å². The fourth-order valence-corrected chi connectivity index (χ4v) is 2.50. The van der Waals surface area contributed by atoms with Crippen molar-refractivity contribution in [1.29, 1.82) is 0 Å². The van der Waals surface area contributed by atoms with Crippen molar-refractivity contribution in [3.8, 4) is 0 Å². The average molecular weight is 228 g/mol. The molecule has 2 rings (SSSR count). The van der Waals surface area contributed by atoms with Gasteiger partial charge in [0.05, 0.1) is 18.3 Å². The Balaban J connectivity index is 1.48. The molecule has 2 fully saturated rings. The van der Waals surface area contributed by atoms with Gasteiger partial charge < -0.3 is 20.5 Å². The number of ether oxygens (including phenoxy) is 2. The van der Waals surface area contributed by atoms with Crippen molar-refractivity contribution >= 4 is 0 Å². The molecule has 2 saturated heterocycles. The van der Waals surface area contributed by atoms with Gasteiger partial charge in [-0.15, -0.1) is 0 Å². The first-order chi connectivity index (χ1) is 7.88. The number of nitrogens with two attached hydrogens (primary N) is 1. The van der Waals surface area contributed by atoms with Gasteiger partial charge in [0.1, 0.15) is 0 Å².